The first-order valence-electron chi connectivity index (χ1n) is 5.98. The molecule has 0 aromatic heterocycles. The lowest BCUT2D eigenvalue weighted by atomic mass is 9.81. The highest BCUT2D eigenvalue weighted by Gasteiger charge is 2.43. The van der Waals surface area contributed by atoms with Crippen LogP contribution >= 0.6 is 0 Å². The number of ether oxygens (including phenoxy) is 2. The molecule has 5 nitrogen and oxygen atoms in total. The Bertz CT molecular complexity index is 214. The van der Waals surface area contributed by atoms with Crippen LogP contribution in [0.1, 0.15) is 19.3 Å². The number of piperidine rings is 1. The van der Waals surface area contributed by atoms with Crippen LogP contribution in [0.5, 0.6) is 0 Å². The summed E-state index contributed by atoms with van der Waals surface area (Å²) in [4.78, 5) is 10.6. The van der Waals surface area contributed by atoms with Crippen molar-refractivity contribution in [2.45, 2.75) is 24.8 Å². The molecule has 3 fully saturated rings. The number of amides is 1. The van der Waals surface area contributed by atoms with Gasteiger partial charge in [0.25, 0.3) is 0 Å². The van der Waals surface area contributed by atoms with E-state index in [1.165, 1.54) is 6.42 Å². The van der Waals surface area contributed by atoms with E-state index in [2.05, 4.69) is 10.6 Å². The molecule has 0 saturated carbocycles. The Kier molecular flexibility index (Phi) is 4.15. The van der Waals surface area contributed by atoms with Crippen LogP contribution in [0.4, 0.5) is 0 Å². The largest absolute Gasteiger partial charge is 0.377 e. The number of hydrogen-bond acceptors (Lipinski definition) is 4. The second-order valence-electron chi connectivity index (χ2n) is 4.51. The maximum Gasteiger partial charge on any atom is 0.222 e. The zero-order valence-electron chi connectivity index (χ0n) is 9.59. The summed E-state index contributed by atoms with van der Waals surface area (Å²) in [5.41, 5.74) is 0.162. The molecular formula is C11H20N2O3. The Morgan fingerprint density at radius 2 is 1.75 bits per heavy atom. The minimum Gasteiger partial charge on any atom is -0.377 e. The molecule has 92 valence electrons. The number of rotatable bonds is 0. The monoisotopic (exact) mass is 228 g/mol. The molecule has 0 aromatic rings. The van der Waals surface area contributed by atoms with E-state index < -0.39 is 0 Å². The van der Waals surface area contributed by atoms with Gasteiger partial charge in [0.2, 0.25) is 5.91 Å². The van der Waals surface area contributed by atoms with Gasteiger partial charge >= 0.3 is 0 Å². The van der Waals surface area contributed by atoms with Gasteiger partial charge in [0.05, 0.1) is 38.4 Å². The second kappa shape index (κ2) is 5.61. The van der Waals surface area contributed by atoms with Crippen molar-refractivity contribution < 1.29 is 14.3 Å². The SMILES string of the molecule is C1COCCO1.O=C1CC2(CCCNC2)N1. The number of β-lactam (4-membered cyclic amide) rings is 1. The summed E-state index contributed by atoms with van der Waals surface area (Å²) >= 11 is 0. The van der Waals surface area contributed by atoms with Crippen LogP contribution < -0.4 is 10.6 Å². The Hall–Kier alpha value is -0.650. The topological polar surface area (TPSA) is 59.6 Å². The molecule has 1 amide bonds. The molecule has 1 atom stereocenters. The molecular weight excluding hydrogens is 208 g/mol. The number of hydrogen-bond donors (Lipinski definition) is 2. The van der Waals surface area contributed by atoms with Crippen molar-refractivity contribution in [3.8, 4) is 0 Å². The van der Waals surface area contributed by atoms with E-state index in [1.54, 1.807) is 0 Å². The first-order chi connectivity index (χ1) is 7.81. The minimum absolute atomic E-state index is 0.162. The van der Waals surface area contributed by atoms with Crippen molar-refractivity contribution in [2.24, 2.45) is 0 Å². The quantitative estimate of drug-likeness (QED) is 0.557. The predicted molar refractivity (Wildman–Crippen MR) is 59.2 cm³/mol. The van der Waals surface area contributed by atoms with Crippen LogP contribution in [0.25, 0.3) is 0 Å². The van der Waals surface area contributed by atoms with Crippen molar-refractivity contribution in [3.05, 3.63) is 0 Å². The van der Waals surface area contributed by atoms with Crippen LogP contribution in [0, 0.1) is 0 Å². The molecule has 3 aliphatic rings. The van der Waals surface area contributed by atoms with Gasteiger partial charge < -0.3 is 20.1 Å². The summed E-state index contributed by atoms with van der Waals surface area (Å²) < 4.78 is 9.89. The highest BCUT2D eigenvalue weighted by atomic mass is 16.6. The van der Waals surface area contributed by atoms with Crippen molar-refractivity contribution in [1.82, 2.24) is 10.6 Å². The smallest absolute Gasteiger partial charge is 0.222 e. The molecule has 1 unspecified atom stereocenters. The first-order valence-corrected chi connectivity index (χ1v) is 5.98. The standard InChI is InChI=1S/C7H12N2O.C4H8O2/c10-6-4-7(9-6)2-1-3-8-5-7;1-2-6-4-3-5-1/h8H,1-5H2,(H,9,10);1-4H2. The van der Waals surface area contributed by atoms with Gasteiger partial charge in [-0.05, 0) is 19.4 Å². The third kappa shape index (κ3) is 3.17. The van der Waals surface area contributed by atoms with Gasteiger partial charge in [-0.2, -0.15) is 0 Å². The summed E-state index contributed by atoms with van der Waals surface area (Å²) in [6.07, 6.45) is 3.09. The molecule has 0 radical (unpaired) electrons. The molecule has 3 heterocycles. The molecule has 1 spiro atoms. The fraction of sp³-hybridized carbons (Fsp3) is 0.909. The summed E-state index contributed by atoms with van der Waals surface area (Å²) in [6, 6.07) is 0. The predicted octanol–water partition coefficient (Wildman–Crippen LogP) is -0.338. The molecule has 0 aromatic carbocycles. The van der Waals surface area contributed by atoms with Crippen molar-refractivity contribution in [1.29, 1.82) is 0 Å². The van der Waals surface area contributed by atoms with Gasteiger partial charge in [0.1, 0.15) is 0 Å². The van der Waals surface area contributed by atoms with Gasteiger partial charge in [-0.3, -0.25) is 4.79 Å². The Morgan fingerprint density at radius 1 is 1.12 bits per heavy atom. The van der Waals surface area contributed by atoms with Crippen LogP contribution in [0.3, 0.4) is 0 Å². The number of carbonyl (C=O) groups is 1. The number of carbonyl (C=O) groups excluding carboxylic acids is 1. The van der Waals surface area contributed by atoms with E-state index in [9.17, 15) is 4.79 Å². The van der Waals surface area contributed by atoms with Gasteiger partial charge in [0, 0.05) is 6.54 Å². The van der Waals surface area contributed by atoms with E-state index in [1.807, 2.05) is 0 Å². The zero-order valence-corrected chi connectivity index (χ0v) is 9.59. The summed E-state index contributed by atoms with van der Waals surface area (Å²) in [7, 11) is 0. The van der Waals surface area contributed by atoms with Gasteiger partial charge in [-0.25, -0.2) is 0 Å². The Balaban J connectivity index is 0.000000138. The molecule has 3 aliphatic heterocycles. The zero-order chi connectivity index (χ0) is 11.3. The van der Waals surface area contributed by atoms with Crippen molar-refractivity contribution >= 4 is 5.91 Å². The Morgan fingerprint density at radius 3 is 2.12 bits per heavy atom. The lowest BCUT2D eigenvalue weighted by molar-refractivity contribution is -0.133. The second-order valence-corrected chi connectivity index (χ2v) is 4.51. The van der Waals surface area contributed by atoms with E-state index in [0.29, 0.717) is 0 Å². The third-order valence-electron chi connectivity index (χ3n) is 3.12. The van der Waals surface area contributed by atoms with Crippen LogP contribution in [-0.4, -0.2) is 51.0 Å². The van der Waals surface area contributed by atoms with E-state index in [0.717, 1.165) is 52.4 Å². The minimum atomic E-state index is 0.162. The fourth-order valence-corrected chi connectivity index (χ4v) is 2.25. The van der Waals surface area contributed by atoms with Gasteiger partial charge in [-0.1, -0.05) is 0 Å². The summed E-state index contributed by atoms with van der Waals surface area (Å²) in [5.74, 6) is 0.212. The maximum absolute atomic E-state index is 10.6. The van der Waals surface area contributed by atoms with E-state index in [-0.39, 0.29) is 11.4 Å². The highest BCUT2D eigenvalue weighted by Crippen LogP contribution is 2.26. The summed E-state index contributed by atoms with van der Waals surface area (Å²) in [5, 5.41) is 6.24. The van der Waals surface area contributed by atoms with Crippen molar-refractivity contribution in [3.63, 3.8) is 0 Å². The number of nitrogens with one attached hydrogen (secondary N) is 2. The fourth-order valence-electron chi connectivity index (χ4n) is 2.25. The van der Waals surface area contributed by atoms with E-state index >= 15 is 0 Å². The maximum atomic E-state index is 10.6. The van der Waals surface area contributed by atoms with Crippen LogP contribution in [-0.2, 0) is 14.3 Å². The van der Waals surface area contributed by atoms with Crippen molar-refractivity contribution in [2.75, 3.05) is 39.5 Å². The average molecular weight is 228 g/mol. The van der Waals surface area contributed by atoms with Gasteiger partial charge in [0.15, 0.2) is 0 Å². The Labute approximate surface area is 95.9 Å². The molecule has 0 bridgehead atoms. The van der Waals surface area contributed by atoms with Crippen LogP contribution in [0.2, 0.25) is 0 Å². The molecule has 0 aliphatic carbocycles. The molecule has 5 heteroatoms. The lowest BCUT2D eigenvalue weighted by Crippen LogP contribution is -2.67. The average Bonchev–Trinajstić information content (AvgIpc) is 2.32. The van der Waals surface area contributed by atoms with Gasteiger partial charge in [-0.15, -0.1) is 0 Å². The summed E-state index contributed by atoms with van der Waals surface area (Å²) in [6.45, 7) is 5.19. The highest BCUT2D eigenvalue weighted by molar-refractivity contribution is 5.84. The molecule has 2 N–H and O–H groups in total. The third-order valence-corrected chi connectivity index (χ3v) is 3.12. The first kappa shape index (κ1) is 11.8. The molecule has 16 heavy (non-hydrogen) atoms. The van der Waals surface area contributed by atoms with E-state index in [4.69, 9.17) is 9.47 Å². The van der Waals surface area contributed by atoms with Crippen LogP contribution in [0.15, 0.2) is 0 Å². The normalized spacial score (nSPS) is 33.4. The molecule has 3 rings (SSSR count). The lowest BCUT2D eigenvalue weighted by Gasteiger charge is -2.45. The molecule has 3 saturated heterocycles.